The van der Waals surface area contributed by atoms with Crippen LogP contribution in [0.2, 0.25) is 0 Å². The molecule has 1 aromatic carbocycles. The number of furan rings is 1. The first-order valence-electron chi connectivity index (χ1n) is 7.25. The van der Waals surface area contributed by atoms with Gasteiger partial charge in [-0.25, -0.2) is 4.39 Å². The number of benzene rings is 1. The molecule has 0 aliphatic carbocycles. The summed E-state index contributed by atoms with van der Waals surface area (Å²) in [6.45, 7) is 0.843. The summed E-state index contributed by atoms with van der Waals surface area (Å²) in [6.07, 6.45) is 4.58. The van der Waals surface area contributed by atoms with Gasteiger partial charge in [0.2, 0.25) is 0 Å². The second kappa shape index (κ2) is 5.94. The third-order valence-corrected chi connectivity index (χ3v) is 3.98. The molecule has 2 atom stereocenters. The second-order valence-corrected chi connectivity index (χ2v) is 5.37. The van der Waals surface area contributed by atoms with Crippen LogP contribution in [0.1, 0.15) is 37.5 Å². The fourth-order valence-electron chi connectivity index (χ4n) is 2.85. The molecular weight excluding hydrogens is 257 g/mol. The number of ether oxygens (including phenoxy) is 1. The van der Waals surface area contributed by atoms with Gasteiger partial charge in [0.25, 0.3) is 0 Å². The minimum absolute atomic E-state index is 0.0601. The molecule has 3 nitrogen and oxygen atoms in total. The molecule has 1 aliphatic rings. The summed E-state index contributed by atoms with van der Waals surface area (Å²) < 4.78 is 25.2. The highest BCUT2D eigenvalue weighted by Gasteiger charge is 2.22. The van der Waals surface area contributed by atoms with Gasteiger partial charge >= 0.3 is 0 Å². The second-order valence-electron chi connectivity index (χ2n) is 5.37. The zero-order valence-electron chi connectivity index (χ0n) is 11.7. The van der Waals surface area contributed by atoms with Crippen LogP contribution in [0.5, 0.6) is 0 Å². The van der Waals surface area contributed by atoms with Gasteiger partial charge in [0.05, 0.1) is 12.1 Å². The molecule has 0 amide bonds. The summed E-state index contributed by atoms with van der Waals surface area (Å²) in [5.74, 6) is 0.472. The minimum Gasteiger partial charge on any atom is -0.456 e. The molecule has 1 N–H and O–H groups in total. The molecule has 1 fully saturated rings. The predicted molar refractivity (Wildman–Crippen MR) is 76.2 cm³/mol. The van der Waals surface area contributed by atoms with Crippen LogP contribution in [-0.2, 0) is 4.74 Å². The van der Waals surface area contributed by atoms with Crippen molar-refractivity contribution in [1.29, 1.82) is 0 Å². The van der Waals surface area contributed by atoms with Gasteiger partial charge in [0.1, 0.15) is 5.76 Å². The van der Waals surface area contributed by atoms with E-state index in [1.54, 1.807) is 6.07 Å². The molecule has 2 heterocycles. The van der Waals surface area contributed by atoms with E-state index in [1.807, 2.05) is 19.2 Å². The average molecular weight is 277 g/mol. The third-order valence-electron chi connectivity index (χ3n) is 3.98. The van der Waals surface area contributed by atoms with Crippen molar-refractivity contribution in [3.8, 4) is 0 Å². The molecule has 1 aliphatic heterocycles. The normalized spacial score (nSPS) is 21.2. The Kier molecular flexibility index (Phi) is 4.03. The van der Waals surface area contributed by atoms with Crippen LogP contribution in [0.15, 0.2) is 28.7 Å². The molecule has 1 saturated heterocycles. The van der Waals surface area contributed by atoms with Gasteiger partial charge in [-0.1, -0.05) is 12.1 Å². The maximum absolute atomic E-state index is 13.7. The Hall–Kier alpha value is -1.39. The van der Waals surface area contributed by atoms with Crippen molar-refractivity contribution in [2.45, 2.75) is 37.8 Å². The topological polar surface area (TPSA) is 34.4 Å². The molecule has 3 rings (SSSR count). The fourth-order valence-corrected chi connectivity index (χ4v) is 2.85. The highest BCUT2D eigenvalue weighted by Crippen LogP contribution is 2.30. The molecule has 2 unspecified atom stereocenters. The molecular formula is C16H20FNO2. The number of hydrogen-bond acceptors (Lipinski definition) is 3. The van der Waals surface area contributed by atoms with Crippen molar-refractivity contribution >= 4 is 11.0 Å². The van der Waals surface area contributed by atoms with Gasteiger partial charge in [0.15, 0.2) is 11.4 Å². The van der Waals surface area contributed by atoms with Crippen LogP contribution in [-0.4, -0.2) is 19.8 Å². The SMILES string of the molecule is CNC(CC1CCCCO1)c1cc2cccc(F)c2o1. The Morgan fingerprint density at radius 3 is 3.00 bits per heavy atom. The third kappa shape index (κ3) is 2.72. The minimum atomic E-state index is -0.308. The summed E-state index contributed by atoms with van der Waals surface area (Å²) in [4.78, 5) is 0. The van der Waals surface area contributed by atoms with E-state index in [1.165, 1.54) is 12.5 Å². The zero-order valence-corrected chi connectivity index (χ0v) is 11.7. The van der Waals surface area contributed by atoms with E-state index in [9.17, 15) is 4.39 Å². The summed E-state index contributed by atoms with van der Waals surface area (Å²) >= 11 is 0. The van der Waals surface area contributed by atoms with Crippen molar-refractivity contribution in [2.24, 2.45) is 0 Å². The Labute approximate surface area is 118 Å². The van der Waals surface area contributed by atoms with E-state index < -0.39 is 0 Å². The van der Waals surface area contributed by atoms with Gasteiger partial charge < -0.3 is 14.5 Å². The number of nitrogens with one attached hydrogen (secondary N) is 1. The lowest BCUT2D eigenvalue weighted by molar-refractivity contribution is 0.00429. The summed E-state index contributed by atoms with van der Waals surface area (Å²) in [7, 11) is 1.90. The molecule has 1 aromatic heterocycles. The van der Waals surface area contributed by atoms with E-state index in [4.69, 9.17) is 9.15 Å². The van der Waals surface area contributed by atoms with E-state index >= 15 is 0 Å². The van der Waals surface area contributed by atoms with Gasteiger partial charge in [-0.3, -0.25) is 0 Å². The summed E-state index contributed by atoms with van der Waals surface area (Å²) in [5, 5.41) is 4.06. The van der Waals surface area contributed by atoms with Crippen LogP contribution in [0.3, 0.4) is 0 Å². The zero-order chi connectivity index (χ0) is 13.9. The van der Waals surface area contributed by atoms with Crippen LogP contribution in [0.4, 0.5) is 4.39 Å². The summed E-state index contributed by atoms with van der Waals surface area (Å²) in [6, 6.07) is 6.98. The van der Waals surface area contributed by atoms with Crippen LogP contribution < -0.4 is 5.32 Å². The quantitative estimate of drug-likeness (QED) is 0.923. The number of hydrogen-bond donors (Lipinski definition) is 1. The van der Waals surface area contributed by atoms with Crippen LogP contribution >= 0.6 is 0 Å². The van der Waals surface area contributed by atoms with E-state index in [2.05, 4.69) is 5.32 Å². The monoisotopic (exact) mass is 277 g/mol. The molecule has 0 saturated carbocycles. The summed E-state index contributed by atoms with van der Waals surface area (Å²) in [5.41, 5.74) is 0.340. The smallest absolute Gasteiger partial charge is 0.169 e. The van der Waals surface area contributed by atoms with E-state index in [0.717, 1.165) is 37.0 Å². The Bertz CT molecular complexity index is 575. The van der Waals surface area contributed by atoms with Gasteiger partial charge in [-0.2, -0.15) is 0 Å². The number of rotatable bonds is 4. The van der Waals surface area contributed by atoms with Gasteiger partial charge in [-0.15, -0.1) is 0 Å². The van der Waals surface area contributed by atoms with Crippen LogP contribution in [0, 0.1) is 5.82 Å². The van der Waals surface area contributed by atoms with Crippen molar-refractivity contribution < 1.29 is 13.5 Å². The van der Waals surface area contributed by atoms with E-state index in [-0.39, 0.29) is 18.0 Å². The fraction of sp³-hybridized carbons (Fsp3) is 0.500. The molecule has 2 aromatic rings. The van der Waals surface area contributed by atoms with Crippen molar-refractivity contribution in [2.75, 3.05) is 13.7 Å². The van der Waals surface area contributed by atoms with Crippen molar-refractivity contribution in [3.05, 3.63) is 35.8 Å². The first kappa shape index (κ1) is 13.6. The molecule has 0 bridgehead atoms. The number of para-hydroxylation sites is 1. The standard InChI is InChI=1S/C16H20FNO2/c1-18-14(10-12-6-2-3-8-19-12)15-9-11-5-4-7-13(17)16(11)20-15/h4-5,7,9,12,14,18H,2-3,6,8,10H2,1H3. The molecule has 0 radical (unpaired) electrons. The first-order chi connectivity index (χ1) is 9.78. The number of halogens is 1. The average Bonchev–Trinajstić information content (AvgIpc) is 2.91. The highest BCUT2D eigenvalue weighted by molar-refractivity contribution is 5.78. The highest BCUT2D eigenvalue weighted by atomic mass is 19.1. The van der Waals surface area contributed by atoms with Gasteiger partial charge in [-0.05, 0) is 44.9 Å². The lowest BCUT2D eigenvalue weighted by Crippen LogP contribution is -2.26. The molecule has 4 heteroatoms. The van der Waals surface area contributed by atoms with E-state index in [0.29, 0.717) is 5.58 Å². The maximum Gasteiger partial charge on any atom is 0.169 e. The Morgan fingerprint density at radius 1 is 1.40 bits per heavy atom. The molecule has 20 heavy (non-hydrogen) atoms. The number of fused-ring (bicyclic) bond motifs is 1. The Morgan fingerprint density at radius 2 is 2.30 bits per heavy atom. The maximum atomic E-state index is 13.7. The van der Waals surface area contributed by atoms with Gasteiger partial charge in [0, 0.05) is 12.0 Å². The van der Waals surface area contributed by atoms with Crippen molar-refractivity contribution in [1.82, 2.24) is 5.32 Å². The lowest BCUT2D eigenvalue weighted by Gasteiger charge is -2.25. The predicted octanol–water partition coefficient (Wildman–Crippen LogP) is 3.79. The molecule has 0 spiro atoms. The Balaban J connectivity index is 1.81. The largest absolute Gasteiger partial charge is 0.456 e. The van der Waals surface area contributed by atoms with Crippen LogP contribution in [0.25, 0.3) is 11.0 Å². The lowest BCUT2D eigenvalue weighted by atomic mass is 10.0. The van der Waals surface area contributed by atoms with Crippen molar-refractivity contribution in [3.63, 3.8) is 0 Å². The molecule has 108 valence electrons. The first-order valence-corrected chi connectivity index (χ1v) is 7.25.